The lowest BCUT2D eigenvalue weighted by molar-refractivity contribution is 0.0569. The van der Waals surface area contributed by atoms with Crippen LogP contribution in [0.15, 0.2) is 24.3 Å². The minimum atomic E-state index is -3.38. The second-order valence-corrected chi connectivity index (χ2v) is 7.88. The highest BCUT2D eigenvalue weighted by atomic mass is 32.2. The topological polar surface area (TPSA) is 79.2 Å². The molecule has 0 amide bonds. The molecular formula is C16H22N2O3S. The number of sulfonamides is 1. The van der Waals surface area contributed by atoms with Crippen LogP contribution in [-0.4, -0.2) is 32.9 Å². The van der Waals surface area contributed by atoms with Crippen molar-refractivity contribution in [2.75, 3.05) is 13.2 Å². The Kier molecular flexibility index (Phi) is 5.57. The lowest BCUT2D eigenvalue weighted by atomic mass is 9.91. The number of hydrogen-bond acceptors (Lipinski definition) is 4. The number of ether oxygens (including phenoxy) is 1. The second-order valence-electron chi connectivity index (χ2n) is 5.95. The fourth-order valence-electron chi connectivity index (χ4n) is 2.88. The molecule has 1 aliphatic rings. The van der Waals surface area contributed by atoms with Gasteiger partial charge in [-0.3, -0.25) is 0 Å². The van der Waals surface area contributed by atoms with E-state index in [9.17, 15) is 13.7 Å². The van der Waals surface area contributed by atoms with Gasteiger partial charge in [0.25, 0.3) is 0 Å². The van der Waals surface area contributed by atoms with Gasteiger partial charge in [0.1, 0.15) is 0 Å². The number of nitriles is 1. The van der Waals surface area contributed by atoms with Crippen LogP contribution in [-0.2, 0) is 21.2 Å². The van der Waals surface area contributed by atoms with Gasteiger partial charge in [0.15, 0.2) is 0 Å². The molecule has 0 spiro atoms. The predicted octanol–water partition coefficient (Wildman–Crippen LogP) is 1.83. The highest BCUT2D eigenvalue weighted by Crippen LogP contribution is 2.26. The molecule has 2 atom stereocenters. The van der Waals surface area contributed by atoms with E-state index in [1.807, 2.05) is 32.0 Å². The van der Waals surface area contributed by atoms with Crippen molar-refractivity contribution in [2.24, 2.45) is 5.92 Å². The first-order valence-electron chi connectivity index (χ1n) is 7.51. The molecule has 0 aliphatic carbocycles. The van der Waals surface area contributed by atoms with Gasteiger partial charge < -0.3 is 4.74 Å². The van der Waals surface area contributed by atoms with Crippen LogP contribution in [0.2, 0.25) is 0 Å². The van der Waals surface area contributed by atoms with Crippen LogP contribution in [0.25, 0.3) is 0 Å². The summed E-state index contributed by atoms with van der Waals surface area (Å²) in [5.41, 5.74) is 1.48. The van der Waals surface area contributed by atoms with Gasteiger partial charge in [0.2, 0.25) is 10.0 Å². The summed E-state index contributed by atoms with van der Waals surface area (Å²) in [4.78, 5) is 0. The maximum Gasteiger partial charge on any atom is 0.215 e. The van der Waals surface area contributed by atoms with Crippen molar-refractivity contribution in [1.29, 1.82) is 5.26 Å². The predicted molar refractivity (Wildman–Crippen MR) is 84.8 cm³/mol. The Balaban J connectivity index is 2.22. The molecule has 1 aromatic rings. The zero-order valence-electron chi connectivity index (χ0n) is 13.0. The summed E-state index contributed by atoms with van der Waals surface area (Å²) in [6, 6.07) is 9.36. The molecule has 5 nitrogen and oxygen atoms in total. The third-order valence-electron chi connectivity index (χ3n) is 3.82. The summed E-state index contributed by atoms with van der Waals surface area (Å²) in [5.74, 6) is -0.139. The number of benzene rings is 1. The number of hydrogen-bond donors (Lipinski definition) is 1. The standard InChI is InChI=1S/C16H22N2O3S/c1-12(2)18-22(19,20)16-7-8-21-11-15(16)9-13-5-3-4-6-14(13)10-17/h3-6,12,15-16,18H,7-9,11H2,1-2H3/t15-,16+/m0/s1. The fourth-order valence-corrected chi connectivity index (χ4v) is 4.80. The zero-order chi connectivity index (χ0) is 16.2. The summed E-state index contributed by atoms with van der Waals surface area (Å²) < 4.78 is 33.2. The highest BCUT2D eigenvalue weighted by molar-refractivity contribution is 7.90. The first kappa shape index (κ1) is 16.9. The second kappa shape index (κ2) is 7.23. The maximum absolute atomic E-state index is 12.5. The van der Waals surface area contributed by atoms with Gasteiger partial charge in [-0.2, -0.15) is 5.26 Å². The molecule has 0 aromatic heterocycles. The Morgan fingerprint density at radius 3 is 2.82 bits per heavy atom. The molecule has 1 saturated heterocycles. The molecule has 1 heterocycles. The molecule has 0 bridgehead atoms. The molecule has 1 fully saturated rings. The van der Waals surface area contributed by atoms with Gasteiger partial charge in [0, 0.05) is 18.6 Å². The first-order valence-corrected chi connectivity index (χ1v) is 9.05. The van der Waals surface area contributed by atoms with E-state index in [0.717, 1.165) is 5.56 Å². The smallest absolute Gasteiger partial charge is 0.215 e. The van der Waals surface area contributed by atoms with Crippen molar-refractivity contribution in [3.8, 4) is 6.07 Å². The van der Waals surface area contributed by atoms with E-state index in [1.54, 1.807) is 6.07 Å². The summed E-state index contributed by atoms with van der Waals surface area (Å²) in [6.07, 6.45) is 1.02. The van der Waals surface area contributed by atoms with Crippen LogP contribution in [0.5, 0.6) is 0 Å². The van der Waals surface area contributed by atoms with Crippen molar-refractivity contribution >= 4 is 10.0 Å². The molecule has 1 N–H and O–H groups in total. The summed E-state index contributed by atoms with van der Waals surface area (Å²) in [6.45, 7) is 4.50. The molecule has 1 aliphatic heterocycles. The summed E-state index contributed by atoms with van der Waals surface area (Å²) in [7, 11) is -3.38. The minimum Gasteiger partial charge on any atom is -0.381 e. The Morgan fingerprint density at radius 2 is 2.14 bits per heavy atom. The van der Waals surface area contributed by atoms with Crippen molar-refractivity contribution in [2.45, 2.75) is 38.0 Å². The third-order valence-corrected chi connectivity index (χ3v) is 6.04. The molecule has 120 valence electrons. The van der Waals surface area contributed by atoms with E-state index in [0.29, 0.717) is 31.6 Å². The quantitative estimate of drug-likeness (QED) is 0.897. The van der Waals surface area contributed by atoms with Crippen LogP contribution < -0.4 is 4.72 Å². The minimum absolute atomic E-state index is 0.125. The lowest BCUT2D eigenvalue weighted by Gasteiger charge is -2.32. The van der Waals surface area contributed by atoms with E-state index in [1.165, 1.54) is 0 Å². The van der Waals surface area contributed by atoms with E-state index >= 15 is 0 Å². The van der Waals surface area contributed by atoms with Gasteiger partial charge in [0.05, 0.1) is 23.5 Å². The van der Waals surface area contributed by atoms with Crippen molar-refractivity contribution in [3.05, 3.63) is 35.4 Å². The Morgan fingerprint density at radius 1 is 1.41 bits per heavy atom. The number of rotatable bonds is 5. The molecule has 1 aromatic carbocycles. The van der Waals surface area contributed by atoms with Crippen molar-refractivity contribution in [3.63, 3.8) is 0 Å². The first-order chi connectivity index (χ1) is 10.4. The van der Waals surface area contributed by atoms with E-state index in [4.69, 9.17) is 4.74 Å². The Hall–Kier alpha value is -1.42. The molecule has 0 radical (unpaired) electrons. The summed E-state index contributed by atoms with van der Waals surface area (Å²) in [5, 5.41) is 8.70. The maximum atomic E-state index is 12.5. The van der Waals surface area contributed by atoms with E-state index in [-0.39, 0.29) is 12.0 Å². The van der Waals surface area contributed by atoms with Crippen LogP contribution in [0.3, 0.4) is 0 Å². The fraction of sp³-hybridized carbons (Fsp3) is 0.562. The van der Waals surface area contributed by atoms with E-state index in [2.05, 4.69) is 10.8 Å². The normalized spacial score (nSPS) is 22.5. The highest BCUT2D eigenvalue weighted by Gasteiger charge is 2.36. The molecule has 22 heavy (non-hydrogen) atoms. The van der Waals surface area contributed by atoms with Crippen LogP contribution in [0.4, 0.5) is 0 Å². The molecule has 6 heteroatoms. The number of nitrogens with one attached hydrogen (secondary N) is 1. The SMILES string of the molecule is CC(C)NS(=O)(=O)[C@@H]1CCOC[C@@H]1Cc1ccccc1C#N. The molecule has 0 saturated carbocycles. The Bertz CT molecular complexity index is 650. The molecular weight excluding hydrogens is 300 g/mol. The molecule has 2 rings (SSSR count). The van der Waals surface area contributed by atoms with Crippen LogP contribution in [0, 0.1) is 17.2 Å². The average Bonchev–Trinajstić information content (AvgIpc) is 2.47. The molecule has 0 unspecified atom stereocenters. The zero-order valence-corrected chi connectivity index (χ0v) is 13.8. The average molecular weight is 322 g/mol. The van der Waals surface area contributed by atoms with Crippen molar-refractivity contribution < 1.29 is 13.2 Å². The van der Waals surface area contributed by atoms with Gasteiger partial charge in [-0.15, -0.1) is 0 Å². The van der Waals surface area contributed by atoms with Crippen LogP contribution >= 0.6 is 0 Å². The monoisotopic (exact) mass is 322 g/mol. The van der Waals surface area contributed by atoms with Gasteiger partial charge >= 0.3 is 0 Å². The van der Waals surface area contributed by atoms with E-state index < -0.39 is 15.3 Å². The lowest BCUT2D eigenvalue weighted by Crippen LogP contribution is -2.46. The van der Waals surface area contributed by atoms with Gasteiger partial charge in [-0.1, -0.05) is 18.2 Å². The Labute approximate surface area is 132 Å². The third kappa shape index (κ3) is 4.07. The largest absolute Gasteiger partial charge is 0.381 e. The summed E-state index contributed by atoms with van der Waals surface area (Å²) >= 11 is 0. The number of nitrogens with zero attached hydrogens (tertiary/aromatic N) is 1. The van der Waals surface area contributed by atoms with Gasteiger partial charge in [-0.25, -0.2) is 13.1 Å². The van der Waals surface area contributed by atoms with Crippen LogP contribution in [0.1, 0.15) is 31.4 Å². The van der Waals surface area contributed by atoms with Gasteiger partial charge in [-0.05, 0) is 38.3 Å². The van der Waals surface area contributed by atoms with Crippen molar-refractivity contribution in [1.82, 2.24) is 4.72 Å².